The highest BCUT2D eigenvalue weighted by Crippen LogP contribution is 2.25. The van der Waals surface area contributed by atoms with E-state index in [1.54, 1.807) is 12.1 Å². The molecule has 0 spiro atoms. The molecule has 0 aliphatic heterocycles. The first-order valence-corrected chi connectivity index (χ1v) is 7.43. The number of nitrogen functional groups attached to an aromatic ring is 1. The van der Waals surface area contributed by atoms with Crippen LogP contribution in [0.25, 0.3) is 0 Å². The van der Waals surface area contributed by atoms with Gasteiger partial charge in [-0.05, 0) is 18.2 Å². The van der Waals surface area contributed by atoms with Crippen LogP contribution in [0.5, 0.6) is 0 Å². The van der Waals surface area contributed by atoms with Gasteiger partial charge in [-0.15, -0.1) is 13.2 Å². The van der Waals surface area contributed by atoms with Gasteiger partial charge in [-0.2, -0.15) is 4.31 Å². The van der Waals surface area contributed by atoms with Gasteiger partial charge in [0.15, 0.2) is 0 Å². The number of hydrogen-bond donors (Lipinski definition) is 1. The maximum Gasteiger partial charge on any atom is 0.245 e. The molecule has 18 heavy (non-hydrogen) atoms. The standard InChI is InChI=1S/C12H15BrN2O2S/c1-3-7-15(8-4-2)18(16,17)12-6-5-10(13)9-11(12)14/h3-6,9H,1-2,7-8,14H2. The Morgan fingerprint density at radius 3 is 2.28 bits per heavy atom. The summed E-state index contributed by atoms with van der Waals surface area (Å²) >= 11 is 3.24. The molecule has 1 aromatic carbocycles. The van der Waals surface area contributed by atoms with Crippen LogP contribution in [0.1, 0.15) is 0 Å². The zero-order valence-corrected chi connectivity index (χ0v) is 12.2. The Hall–Kier alpha value is -1.11. The highest BCUT2D eigenvalue weighted by Gasteiger charge is 2.24. The van der Waals surface area contributed by atoms with Crippen LogP contribution in [0, 0.1) is 0 Å². The summed E-state index contributed by atoms with van der Waals surface area (Å²) in [6, 6.07) is 4.68. The molecule has 4 nitrogen and oxygen atoms in total. The molecular formula is C12H15BrN2O2S. The molecule has 0 saturated carbocycles. The Morgan fingerprint density at radius 1 is 1.28 bits per heavy atom. The Balaban J connectivity index is 3.25. The van der Waals surface area contributed by atoms with E-state index in [1.165, 1.54) is 22.5 Å². The summed E-state index contributed by atoms with van der Waals surface area (Å²) < 4.78 is 26.7. The third-order valence-corrected chi connectivity index (χ3v) is 4.65. The summed E-state index contributed by atoms with van der Waals surface area (Å²) in [5.74, 6) is 0. The summed E-state index contributed by atoms with van der Waals surface area (Å²) in [7, 11) is -3.63. The van der Waals surface area contributed by atoms with Gasteiger partial charge in [-0.1, -0.05) is 28.1 Å². The molecule has 6 heteroatoms. The Labute approximate surface area is 116 Å². The van der Waals surface area contributed by atoms with Crippen molar-refractivity contribution in [2.45, 2.75) is 4.90 Å². The van der Waals surface area contributed by atoms with Crippen LogP contribution < -0.4 is 5.73 Å². The van der Waals surface area contributed by atoms with E-state index in [4.69, 9.17) is 5.73 Å². The van der Waals surface area contributed by atoms with Crippen molar-refractivity contribution in [2.75, 3.05) is 18.8 Å². The zero-order chi connectivity index (χ0) is 13.8. The smallest absolute Gasteiger partial charge is 0.245 e. The summed E-state index contributed by atoms with van der Waals surface area (Å²) in [6.45, 7) is 7.52. The molecule has 0 saturated heterocycles. The van der Waals surface area contributed by atoms with E-state index in [1.807, 2.05) is 0 Å². The van der Waals surface area contributed by atoms with E-state index in [-0.39, 0.29) is 23.7 Å². The fourth-order valence-electron chi connectivity index (χ4n) is 1.45. The summed E-state index contributed by atoms with van der Waals surface area (Å²) in [4.78, 5) is 0.0920. The van der Waals surface area contributed by atoms with Gasteiger partial charge in [0.1, 0.15) is 4.90 Å². The van der Waals surface area contributed by atoms with Crippen molar-refractivity contribution < 1.29 is 8.42 Å². The number of hydrogen-bond acceptors (Lipinski definition) is 3. The lowest BCUT2D eigenvalue weighted by atomic mass is 10.3. The monoisotopic (exact) mass is 330 g/mol. The first-order chi connectivity index (χ1) is 8.43. The third-order valence-electron chi connectivity index (χ3n) is 2.26. The van der Waals surface area contributed by atoms with Gasteiger partial charge in [-0.25, -0.2) is 8.42 Å². The van der Waals surface area contributed by atoms with Crippen molar-refractivity contribution >= 4 is 31.6 Å². The number of anilines is 1. The lowest BCUT2D eigenvalue weighted by Crippen LogP contribution is -2.31. The predicted octanol–water partition coefficient (Wildman–Crippen LogP) is 2.39. The average molecular weight is 331 g/mol. The normalized spacial score (nSPS) is 11.4. The molecule has 0 aliphatic rings. The van der Waals surface area contributed by atoms with Crippen molar-refractivity contribution in [1.29, 1.82) is 0 Å². The highest BCUT2D eigenvalue weighted by molar-refractivity contribution is 9.10. The highest BCUT2D eigenvalue weighted by atomic mass is 79.9. The molecule has 0 bridgehead atoms. The van der Waals surface area contributed by atoms with Crippen LogP contribution in [0.4, 0.5) is 5.69 Å². The van der Waals surface area contributed by atoms with E-state index >= 15 is 0 Å². The molecule has 0 fully saturated rings. The van der Waals surface area contributed by atoms with E-state index in [2.05, 4.69) is 29.1 Å². The summed E-state index contributed by atoms with van der Waals surface area (Å²) in [6.07, 6.45) is 3.05. The zero-order valence-electron chi connectivity index (χ0n) is 9.84. The fourth-order valence-corrected chi connectivity index (χ4v) is 3.31. The number of halogens is 1. The molecule has 0 unspecified atom stereocenters. The van der Waals surface area contributed by atoms with Crippen LogP contribution in [0.3, 0.4) is 0 Å². The first kappa shape index (κ1) is 14.9. The molecule has 1 aromatic rings. The van der Waals surface area contributed by atoms with Crippen molar-refractivity contribution in [3.8, 4) is 0 Å². The van der Waals surface area contributed by atoms with Gasteiger partial charge in [0.2, 0.25) is 10.0 Å². The minimum atomic E-state index is -3.63. The second kappa shape index (κ2) is 6.17. The number of benzene rings is 1. The van der Waals surface area contributed by atoms with Crippen LogP contribution >= 0.6 is 15.9 Å². The number of nitrogens with zero attached hydrogens (tertiary/aromatic N) is 1. The molecule has 98 valence electrons. The lowest BCUT2D eigenvalue weighted by molar-refractivity contribution is 0.474. The number of nitrogens with two attached hydrogens (primary N) is 1. The Kier molecular flexibility index (Phi) is 5.13. The van der Waals surface area contributed by atoms with Gasteiger partial charge >= 0.3 is 0 Å². The molecule has 0 heterocycles. The van der Waals surface area contributed by atoms with Crippen LogP contribution in [0.15, 0.2) is 52.9 Å². The van der Waals surface area contributed by atoms with E-state index in [0.29, 0.717) is 0 Å². The quantitative estimate of drug-likeness (QED) is 0.643. The maximum atomic E-state index is 12.4. The first-order valence-electron chi connectivity index (χ1n) is 5.20. The second-order valence-electron chi connectivity index (χ2n) is 3.58. The van der Waals surface area contributed by atoms with Gasteiger partial charge in [0, 0.05) is 17.6 Å². The van der Waals surface area contributed by atoms with Crippen molar-refractivity contribution in [3.63, 3.8) is 0 Å². The lowest BCUT2D eigenvalue weighted by Gasteiger charge is -2.20. The van der Waals surface area contributed by atoms with E-state index in [0.717, 1.165) is 4.47 Å². The topological polar surface area (TPSA) is 63.4 Å². The largest absolute Gasteiger partial charge is 0.398 e. The van der Waals surface area contributed by atoms with Crippen LogP contribution in [0.2, 0.25) is 0 Å². The van der Waals surface area contributed by atoms with Crippen molar-refractivity contribution in [3.05, 3.63) is 48.0 Å². The predicted molar refractivity (Wildman–Crippen MR) is 77.7 cm³/mol. The molecule has 2 N–H and O–H groups in total. The second-order valence-corrected chi connectivity index (χ2v) is 6.40. The van der Waals surface area contributed by atoms with E-state index < -0.39 is 10.0 Å². The Bertz CT molecular complexity index is 545. The fraction of sp³-hybridized carbons (Fsp3) is 0.167. The molecular weight excluding hydrogens is 316 g/mol. The molecule has 0 amide bonds. The maximum absolute atomic E-state index is 12.4. The molecule has 0 atom stereocenters. The minimum Gasteiger partial charge on any atom is -0.398 e. The van der Waals surface area contributed by atoms with Gasteiger partial charge in [-0.3, -0.25) is 0 Å². The van der Waals surface area contributed by atoms with Gasteiger partial charge < -0.3 is 5.73 Å². The summed E-state index contributed by atoms with van der Waals surface area (Å²) in [5, 5.41) is 0. The molecule has 0 radical (unpaired) electrons. The minimum absolute atomic E-state index is 0.0920. The van der Waals surface area contributed by atoms with Crippen LogP contribution in [-0.4, -0.2) is 25.8 Å². The van der Waals surface area contributed by atoms with Gasteiger partial charge in [0.25, 0.3) is 0 Å². The third kappa shape index (κ3) is 3.22. The van der Waals surface area contributed by atoms with Gasteiger partial charge in [0.05, 0.1) is 5.69 Å². The van der Waals surface area contributed by atoms with Crippen molar-refractivity contribution in [2.24, 2.45) is 0 Å². The summed E-state index contributed by atoms with van der Waals surface area (Å²) in [5.41, 5.74) is 5.96. The molecule has 1 rings (SSSR count). The SMILES string of the molecule is C=CCN(CC=C)S(=O)(=O)c1ccc(Br)cc1N. The molecule has 0 aliphatic carbocycles. The van der Waals surface area contributed by atoms with E-state index in [9.17, 15) is 8.42 Å². The average Bonchev–Trinajstić information content (AvgIpc) is 2.28. The van der Waals surface area contributed by atoms with Crippen LogP contribution in [-0.2, 0) is 10.0 Å². The molecule has 0 aromatic heterocycles. The van der Waals surface area contributed by atoms with Crippen molar-refractivity contribution in [1.82, 2.24) is 4.31 Å². The number of sulfonamides is 1. The Morgan fingerprint density at radius 2 is 1.83 bits per heavy atom. The number of rotatable bonds is 6.